The average molecular weight is 476 g/mol. The zero-order chi connectivity index (χ0) is 22.9. The van der Waals surface area contributed by atoms with Gasteiger partial charge in [-0.1, -0.05) is 24.6 Å². The summed E-state index contributed by atoms with van der Waals surface area (Å²) in [5, 5.41) is 3.24. The van der Waals surface area contributed by atoms with E-state index in [1.807, 2.05) is 0 Å². The van der Waals surface area contributed by atoms with E-state index in [1.165, 1.54) is 11.0 Å². The molecule has 0 atom stereocenters. The smallest absolute Gasteiger partial charge is 0.244 e. The number of rotatable bonds is 5. The molecule has 2 aromatic rings. The summed E-state index contributed by atoms with van der Waals surface area (Å²) in [6.07, 6.45) is 2.38. The van der Waals surface area contributed by atoms with Crippen molar-refractivity contribution in [1.82, 2.24) is 4.31 Å². The number of fused-ring (bicyclic) bond motifs is 1. The SMILES string of the molecule is CC1CCN(S(=O)(=O)c2ccc3c(c2)CCC(=O)N3CC(=O)Nc2cccc(Cl)c2)CC1. The lowest BCUT2D eigenvalue weighted by molar-refractivity contribution is -0.121. The highest BCUT2D eigenvalue weighted by Crippen LogP contribution is 2.32. The molecule has 0 radical (unpaired) electrons. The highest BCUT2D eigenvalue weighted by Gasteiger charge is 2.31. The summed E-state index contributed by atoms with van der Waals surface area (Å²) >= 11 is 5.96. The van der Waals surface area contributed by atoms with Crippen LogP contribution in [0.1, 0.15) is 31.7 Å². The van der Waals surface area contributed by atoms with Crippen LogP contribution in [-0.4, -0.2) is 44.2 Å². The van der Waals surface area contributed by atoms with Crippen molar-refractivity contribution >= 4 is 44.8 Å². The van der Waals surface area contributed by atoms with Crippen LogP contribution in [0.25, 0.3) is 0 Å². The molecular formula is C23H26ClN3O4S. The molecular weight excluding hydrogens is 450 g/mol. The summed E-state index contributed by atoms with van der Waals surface area (Å²) in [5.74, 6) is 0.00887. The summed E-state index contributed by atoms with van der Waals surface area (Å²) in [6, 6.07) is 11.6. The quantitative estimate of drug-likeness (QED) is 0.714. The fraction of sp³-hybridized carbons (Fsp3) is 0.391. The maximum absolute atomic E-state index is 13.1. The van der Waals surface area contributed by atoms with Gasteiger partial charge in [-0.3, -0.25) is 9.59 Å². The van der Waals surface area contributed by atoms with Crippen molar-refractivity contribution in [3.8, 4) is 0 Å². The zero-order valence-electron chi connectivity index (χ0n) is 17.9. The Balaban J connectivity index is 1.53. The normalized spacial score (nSPS) is 17.8. The van der Waals surface area contributed by atoms with Gasteiger partial charge >= 0.3 is 0 Å². The summed E-state index contributed by atoms with van der Waals surface area (Å²) < 4.78 is 27.7. The van der Waals surface area contributed by atoms with E-state index in [-0.39, 0.29) is 29.7 Å². The Kier molecular flexibility index (Phi) is 6.55. The van der Waals surface area contributed by atoms with Crippen molar-refractivity contribution < 1.29 is 18.0 Å². The summed E-state index contributed by atoms with van der Waals surface area (Å²) in [7, 11) is -3.58. The molecule has 0 aliphatic carbocycles. The molecule has 0 aromatic heterocycles. The average Bonchev–Trinajstić information content (AvgIpc) is 2.75. The third-order valence-corrected chi connectivity index (χ3v) is 8.17. The molecule has 2 aromatic carbocycles. The molecule has 0 bridgehead atoms. The van der Waals surface area contributed by atoms with Crippen LogP contribution in [0, 0.1) is 5.92 Å². The highest BCUT2D eigenvalue weighted by atomic mass is 35.5. The molecule has 9 heteroatoms. The van der Waals surface area contributed by atoms with Gasteiger partial charge in [-0.05, 0) is 67.1 Å². The molecule has 1 fully saturated rings. The van der Waals surface area contributed by atoms with Gasteiger partial charge < -0.3 is 10.2 Å². The summed E-state index contributed by atoms with van der Waals surface area (Å²) in [5.41, 5.74) is 1.88. The number of hydrogen-bond donors (Lipinski definition) is 1. The Morgan fingerprint density at radius 2 is 1.88 bits per heavy atom. The molecule has 1 N–H and O–H groups in total. The zero-order valence-corrected chi connectivity index (χ0v) is 19.5. The number of hydrogen-bond acceptors (Lipinski definition) is 4. The number of piperidine rings is 1. The van der Waals surface area contributed by atoms with Gasteiger partial charge in [0.2, 0.25) is 21.8 Å². The number of sulfonamides is 1. The molecule has 2 amide bonds. The Labute approximate surface area is 193 Å². The van der Waals surface area contributed by atoms with E-state index in [0.717, 1.165) is 18.4 Å². The van der Waals surface area contributed by atoms with E-state index in [2.05, 4.69) is 12.2 Å². The van der Waals surface area contributed by atoms with Crippen LogP contribution < -0.4 is 10.2 Å². The van der Waals surface area contributed by atoms with Crippen LogP contribution in [0.4, 0.5) is 11.4 Å². The molecule has 0 unspecified atom stereocenters. The van der Waals surface area contributed by atoms with Crippen molar-refractivity contribution in [3.63, 3.8) is 0 Å². The van der Waals surface area contributed by atoms with Crippen molar-refractivity contribution in [3.05, 3.63) is 53.1 Å². The van der Waals surface area contributed by atoms with Gasteiger partial charge in [-0.2, -0.15) is 4.31 Å². The largest absolute Gasteiger partial charge is 0.324 e. The Bertz CT molecular complexity index is 1140. The van der Waals surface area contributed by atoms with E-state index < -0.39 is 10.0 Å². The number of nitrogens with zero attached hydrogens (tertiary/aromatic N) is 2. The molecule has 2 aliphatic rings. The van der Waals surface area contributed by atoms with E-state index in [4.69, 9.17) is 11.6 Å². The first-order valence-electron chi connectivity index (χ1n) is 10.7. The number of aryl methyl sites for hydroxylation is 1. The number of carbonyl (C=O) groups is 2. The number of nitrogens with one attached hydrogen (secondary N) is 1. The lowest BCUT2D eigenvalue weighted by atomic mass is 10.0. The summed E-state index contributed by atoms with van der Waals surface area (Å²) in [4.78, 5) is 26.8. The van der Waals surface area contributed by atoms with Crippen LogP contribution in [0.15, 0.2) is 47.4 Å². The van der Waals surface area contributed by atoms with Crippen LogP contribution >= 0.6 is 11.6 Å². The van der Waals surface area contributed by atoms with Crippen LogP contribution in [0.3, 0.4) is 0 Å². The molecule has 0 spiro atoms. The fourth-order valence-electron chi connectivity index (χ4n) is 4.15. The maximum Gasteiger partial charge on any atom is 0.244 e. The first-order valence-corrected chi connectivity index (χ1v) is 12.5. The molecule has 4 rings (SSSR count). The van der Waals surface area contributed by atoms with E-state index in [1.54, 1.807) is 40.7 Å². The fourth-order valence-corrected chi connectivity index (χ4v) is 5.87. The summed E-state index contributed by atoms with van der Waals surface area (Å²) in [6.45, 7) is 3.02. The lowest BCUT2D eigenvalue weighted by Gasteiger charge is -2.31. The van der Waals surface area contributed by atoms with Crippen molar-refractivity contribution in [1.29, 1.82) is 0 Å². The predicted molar refractivity (Wildman–Crippen MR) is 124 cm³/mol. The number of amides is 2. The second-order valence-electron chi connectivity index (χ2n) is 8.42. The molecule has 2 aliphatic heterocycles. The monoisotopic (exact) mass is 475 g/mol. The van der Waals surface area contributed by atoms with Gasteiger partial charge in [-0.15, -0.1) is 0 Å². The second-order valence-corrected chi connectivity index (χ2v) is 10.8. The second kappa shape index (κ2) is 9.21. The minimum absolute atomic E-state index is 0.158. The molecule has 7 nitrogen and oxygen atoms in total. The number of halogens is 1. The third kappa shape index (κ3) is 4.82. The van der Waals surface area contributed by atoms with Crippen LogP contribution in [0.5, 0.6) is 0 Å². The Morgan fingerprint density at radius 1 is 1.12 bits per heavy atom. The van der Waals surface area contributed by atoms with Gasteiger partial charge in [0.05, 0.1) is 4.90 Å². The number of benzene rings is 2. The van der Waals surface area contributed by atoms with Crippen molar-refractivity contribution in [2.45, 2.75) is 37.5 Å². The number of anilines is 2. The van der Waals surface area contributed by atoms with Gasteiger partial charge in [0.15, 0.2) is 0 Å². The van der Waals surface area contributed by atoms with E-state index >= 15 is 0 Å². The molecule has 2 heterocycles. The molecule has 0 saturated carbocycles. The van der Waals surface area contributed by atoms with Gasteiger partial charge in [0.25, 0.3) is 0 Å². The minimum atomic E-state index is -3.58. The van der Waals surface area contributed by atoms with E-state index in [0.29, 0.717) is 41.8 Å². The number of carbonyl (C=O) groups excluding carboxylic acids is 2. The van der Waals surface area contributed by atoms with Gasteiger partial charge in [0.1, 0.15) is 6.54 Å². The standard InChI is InChI=1S/C23H26ClN3O4S/c1-16-9-11-26(12-10-16)32(30,31)20-6-7-21-17(13-20)5-8-23(29)27(21)15-22(28)25-19-4-2-3-18(24)14-19/h2-4,6-7,13-14,16H,5,8-12,15H2,1H3,(H,25,28). The predicted octanol–water partition coefficient (Wildman–Crippen LogP) is 3.68. The van der Waals surface area contributed by atoms with E-state index in [9.17, 15) is 18.0 Å². The van der Waals surface area contributed by atoms with Gasteiger partial charge in [-0.25, -0.2) is 8.42 Å². The third-order valence-electron chi connectivity index (χ3n) is 6.04. The molecule has 1 saturated heterocycles. The Morgan fingerprint density at radius 3 is 2.59 bits per heavy atom. The molecule has 32 heavy (non-hydrogen) atoms. The lowest BCUT2D eigenvalue weighted by Crippen LogP contribution is -2.41. The first-order chi connectivity index (χ1) is 15.2. The van der Waals surface area contributed by atoms with Crippen LogP contribution in [-0.2, 0) is 26.0 Å². The van der Waals surface area contributed by atoms with Crippen LogP contribution in [0.2, 0.25) is 5.02 Å². The minimum Gasteiger partial charge on any atom is -0.324 e. The van der Waals surface area contributed by atoms with Crippen molar-refractivity contribution in [2.75, 3.05) is 29.9 Å². The maximum atomic E-state index is 13.1. The topological polar surface area (TPSA) is 86.8 Å². The molecule has 170 valence electrons. The van der Waals surface area contributed by atoms with Gasteiger partial charge in [0, 0.05) is 35.9 Å². The van der Waals surface area contributed by atoms with Crippen molar-refractivity contribution in [2.24, 2.45) is 5.92 Å². The first kappa shape index (κ1) is 22.8. The Hall–Kier alpha value is -2.42. The highest BCUT2D eigenvalue weighted by molar-refractivity contribution is 7.89.